The summed E-state index contributed by atoms with van der Waals surface area (Å²) in [4.78, 5) is 17.6. The molecule has 0 saturated carbocycles. The van der Waals surface area contributed by atoms with Gasteiger partial charge in [0.05, 0.1) is 5.52 Å². The molecule has 1 heterocycles. The Kier molecular flexibility index (Phi) is 4.53. The Labute approximate surface area is 118 Å². The summed E-state index contributed by atoms with van der Waals surface area (Å²) in [6.45, 7) is 1.44. The molecule has 1 aromatic heterocycles. The SMILES string of the molecule is CNC(=O)CCN(C)Cc1cnc2cc(O)ccc2c1. The molecule has 1 aromatic carbocycles. The molecule has 106 valence electrons. The number of carbonyl (C=O) groups is 1. The number of fused-ring (bicyclic) bond motifs is 1. The predicted molar refractivity (Wildman–Crippen MR) is 78.4 cm³/mol. The summed E-state index contributed by atoms with van der Waals surface area (Å²) in [5.41, 5.74) is 1.87. The number of aromatic nitrogens is 1. The Morgan fingerprint density at radius 1 is 1.40 bits per heavy atom. The number of hydrogen-bond acceptors (Lipinski definition) is 4. The molecule has 0 aliphatic carbocycles. The number of nitrogens with zero attached hydrogens (tertiary/aromatic N) is 2. The van der Waals surface area contributed by atoms with E-state index in [9.17, 15) is 9.90 Å². The molecule has 0 bridgehead atoms. The van der Waals surface area contributed by atoms with Crippen LogP contribution in [0.1, 0.15) is 12.0 Å². The van der Waals surface area contributed by atoms with E-state index >= 15 is 0 Å². The maximum Gasteiger partial charge on any atom is 0.221 e. The molecular weight excluding hydrogens is 254 g/mol. The number of benzene rings is 1. The van der Waals surface area contributed by atoms with Crippen molar-refractivity contribution in [3.63, 3.8) is 0 Å². The van der Waals surface area contributed by atoms with Gasteiger partial charge in [-0.05, 0) is 30.8 Å². The maximum absolute atomic E-state index is 11.2. The van der Waals surface area contributed by atoms with Crippen LogP contribution in [0.4, 0.5) is 0 Å². The van der Waals surface area contributed by atoms with Gasteiger partial charge >= 0.3 is 0 Å². The summed E-state index contributed by atoms with van der Waals surface area (Å²) in [5.74, 6) is 0.268. The normalized spacial score (nSPS) is 10.9. The van der Waals surface area contributed by atoms with Crippen LogP contribution in [0.3, 0.4) is 0 Å². The molecule has 5 nitrogen and oxygen atoms in total. The fourth-order valence-electron chi connectivity index (χ4n) is 2.05. The van der Waals surface area contributed by atoms with Crippen LogP contribution in [0, 0.1) is 0 Å². The van der Waals surface area contributed by atoms with Gasteiger partial charge in [-0.15, -0.1) is 0 Å². The van der Waals surface area contributed by atoms with Crippen LogP contribution in [0.15, 0.2) is 30.5 Å². The first kappa shape index (κ1) is 14.3. The summed E-state index contributed by atoms with van der Waals surface area (Å²) in [6, 6.07) is 7.21. The van der Waals surface area contributed by atoms with Crippen LogP contribution in [0.25, 0.3) is 10.9 Å². The monoisotopic (exact) mass is 273 g/mol. The highest BCUT2D eigenvalue weighted by Crippen LogP contribution is 2.19. The maximum atomic E-state index is 11.2. The van der Waals surface area contributed by atoms with E-state index in [1.54, 1.807) is 25.4 Å². The van der Waals surface area contributed by atoms with Gasteiger partial charge in [-0.3, -0.25) is 9.78 Å². The molecular formula is C15H19N3O2. The molecule has 0 aliphatic heterocycles. The zero-order chi connectivity index (χ0) is 14.5. The van der Waals surface area contributed by atoms with Crippen LogP contribution in [0.5, 0.6) is 5.75 Å². The average Bonchev–Trinajstić information content (AvgIpc) is 2.45. The lowest BCUT2D eigenvalue weighted by Gasteiger charge is -2.16. The van der Waals surface area contributed by atoms with Crippen molar-refractivity contribution in [1.82, 2.24) is 15.2 Å². The number of amides is 1. The van der Waals surface area contributed by atoms with Crippen molar-refractivity contribution in [2.24, 2.45) is 0 Å². The quantitative estimate of drug-likeness (QED) is 0.866. The molecule has 0 aliphatic rings. The van der Waals surface area contributed by atoms with Crippen LogP contribution < -0.4 is 5.32 Å². The Bertz CT molecular complexity index is 613. The predicted octanol–water partition coefficient (Wildman–Crippen LogP) is 1.51. The van der Waals surface area contributed by atoms with Crippen molar-refractivity contribution in [3.8, 4) is 5.75 Å². The van der Waals surface area contributed by atoms with Crippen LogP contribution >= 0.6 is 0 Å². The van der Waals surface area contributed by atoms with E-state index in [1.165, 1.54) is 0 Å². The molecule has 5 heteroatoms. The molecule has 0 radical (unpaired) electrons. The van der Waals surface area contributed by atoms with E-state index in [1.807, 2.05) is 13.1 Å². The molecule has 2 N–H and O–H groups in total. The number of carbonyl (C=O) groups excluding carboxylic acids is 1. The molecule has 2 rings (SSSR count). The Hall–Kier alpha value is -2.14. The molecule has 2 aromatic rings. The Morgan fingerprint density at radius 2 is 2.20 bits per heavy atom. The molecule has 0 atom stereocenters. The molecule has 0 unspecified atom stereocenters. The van der Waals surface area contributed by atoms with Crippen LogP contribution in [-0.4, -0.2) is 41.5 Å². The summed E-state index contributed by atoms with van der Waals surface area (Å²) < 4.78 is 0. The summed E-state index contributed by atoms with van der Waals surface area (Å²) in [5, 5.41) is 13.0. The standard InChI is InChI=1S/C15H19N3O2/c1-16-15(20)5-6-18(2)10-11-7-12-3-4-13(19)8-14(12)17-9-11/h3-4,7-9,19H,5-6,10H2,1-2H3,(H,16,20). The largest absolute Gasteiger partial charge is 0.508 e. The Balaban J connectivity index is 2.02. The first-order valence-electron chi connectivity index (χ1n) is 6.55. The highest BCUT2D eigenvalue weighted by atomic mass is 16.3. The number of nitrogens with one attached hydrogen (secondary N) is 1. The van der Waals surface area contributed by atoms with Crippen molar-refractivity contribution in [3.05, 3.63) is 36.0 Å². The second-order valence-corrected chi connectivity index (χ2v) is 4.88. The van der Waals surface area contributed by atoms with E-state index in [0.717, 1.165) is 23.0 Å². The van der Waals surface area contributed by atoms with Gasteiger partial charge in [0.2, 0.25) is 5.91 Å². The van der Waals surface area contributed by atoms with Gasteiger partial charge in [-0.25, -0.2) is 0 Å². The summed E-state index contributed by atoms with van der Waals surface area (Å²) >= 11 is 0. The second kappa shape index (κ2) is 6.34. The van der Waals surface area contributed by atoms with E-state index in [2.05, 4.69) is 21.3 Å². The van der Waals surface area contributed by atoms with Gasteiger partial charge in [0.25, 0.3) is 0 Å². The Morgan fingerprint density at radius 3 is 2.95 bits per heavy atom. The second-order valence-electron chi connectivity index (χ2n) is 4.88. The first-order chi connectivity index (χ1) is 9.58. The number of aromatic hydroxyl groups is 1. The highest BCUT2D eigenvalue weighted by Gasteiger charge is 2.05. The first-order valence-corrected chi connectivity index (χ1v) is 6.55. The summed E-state index contributed by atoms with van der Waals surface area (Å²) in [6.07, 6.45) is 2.29. The number of phenolic OH excluding ortho intramolecular Hbond substituents is 1. The third-order valence-corrected chi connectivity index (χ3v) is 3.18. The van der Waals surface area contributed by atoms with E-state index < -0.39 is 0 Å². The van der Waals surface area contributed by atoms with Crippen molar-refractivity contribution in [1.29, 1.82) is 0 Å². The summed E-state index contributed by atoms with van der Waals surface area (Å²) in [7, 11) is 3.62. The average molecular weight is 273 g/mol. The molecule has 20 heavy (non-hydrogen) atoms. The minimum Gasteiger partial charge on any atom is -0.508 e. The van der Waals surface area contributed by atoms with Gasteiger partial charge < -0.3 is 15.3 Å². The number of rotatable bonds is 5. The fraction of sp³-hybridized carbons (Fsp3) is 0.333. The van der Waals surface area contributed by atoms with Crippen molar-refractivity contribution in [2.75, 3.05) is 20.6 Å². The lowest BCUT2D eigenvalue weighted by Crippen LogP contribution is -2.26. The van der Waals surface area contributed by atoms with E-state index in [-0.39, 0.29) is 11.7 Å². The number of pyridine rings is 1. The molecule has 0 spiro atoms. The van der Waals surface area contributed by atoms with Crippen molar-refractivity contribution in [2.45, 2.75) is 13.0 Å². The zero-order valence-corrected chi connectivity index (χ0v) is 11.8. The van der Waals surface area contributed by atoms with Gasteiger partial charge in [0, 0.05) is 44.2 Å². The third-order valence-electron chi connectivity index (χ3n) is 3.18. The van der Waals surface area contributed by atoms with Crippen molar-refractivity contribution >= 4 is 16.8 Å². The third kappa shape index (κ3) is 3.68. The molecule has 0 saturated heterocycles. The molecule has 1 amide bonds. The van der Waals surface area contributed by atoms with Crippen LogP contribution in [-0.2, 0) is 11.3 Å². The topological polar surface area (TPSA) is 65.5 Å². The van der Waals surface area contributed by atoms with Gasteiger partial charge in [-0.1, -0.05) is 0 Å². The van der Waals surface area contributed by atoms with Crippen molar-refractivity contribution < 1.29 is 9.90 Å². The lowest BCUT2D eigenvalue weighted by molar-refractivity contribution is -0.120. The minimum atomic E-state index is 0.0453. The lowest BCUT2D eigenvalue weighted by atomic mass is 10.1. The van der Waals surface area contributed by atoms with E-state index in [0.29, 0.717) is 13.0 Å². The zero-order valence-electron chi connectivity index (χ0n) is 11.8. The van der Waals surface area contributed by atoms with Crippen LogP contribution in [0.2, 0.25) is 0 Å². The van der Waals surface area contributed by atoms with E-state index in [4.69, 9.17) is 0 Å². The molecule has 0 fully saturated rings. The number of hydrogen-bond donors (Lipinski definition) is 2. The van der Waals surface area contributed by atoms with Gasteiger partial charge in [0.1, 0.15) is 5.75 Å². The van der Waals surface area contributed by atoms with Gasteiger partial charge in [-0.2, -0.15) is 0 Å². The smallest absolute Gasteiger partial charge is 0.221 e. The van der Waals surface area contributed by atoms with Gasteiger partial charge in [0.15, 0.2) is 0 Å². The fourth-order valence-corrected chi connectivity index (χ4v) is 2.05. The highest BCUT2D eigenvalue weighted by molar-refractivity contribution is 5.80. The number of phenols is 1. The minimum absolute atomic E-state index is 0.0453.